The van der Waals surface area contributed by atoms with E-state index in [2.05, 4.69) is 10.1 Å². The minimum absolute atomic E-state index is 0.162. The van der Waals surface area contributed by atoms with Crippen LogP contribution in [0.1, 0.15) is 19.3 Å². The van der Waals surface area contributed by atoms with Gasteiger partial charge in [0.15, 0.2) is 0 Å². The number of amides is 1. The second kappa shape index (κ2) is 5.70. The second-order valence-corrected chi connectivity index (χ2v) is 4.83. The number of ether oxygens (including phenoxy) is 1. The number of carbonyl (C=O) groups excluding carboxylic acids is 1. The smallest absolute Gasteiger partial charge is 0.406 e. The number of anilines is 1. The van der Waals surface area contributed by atoms with Crippen molar-refractivity contribution in [2.75, 3.05) is 5.32 Å². The quantitative estimate of drug-likeness (QED) is 0.875. The molecule has 1 aromatic carbocycles. The van der Waals surface area contributed by atoms with Crippen LogP contribution in [0.25, 0.3) is 0 Å². The van der Waals surface area contributed by atoms with Crippen molar-refractivity contribution in [3.8, 4) is 5.75 Å². The van der Waals surface area contributed by atoms with Gasteiger partial charge in [-0.15, -0.1) is 13.2 Å². The number of alkyl halides is 3. The molecule has 7 heteroatoms. The molecule has 0 radical (unpaired) electrons. The van der Waals surface area contributed by atoms with Gasteiger partial charge in [-0.2, -0.15) is 0 Å². The molecule has 4 nitrogen and oxygen atoms in total. The van der Waals surface area contributed by atoms with E-state index in [4.69, 9.17) is 5.73 Å². The Balaban J connectivity index is 1.91. The Bertz CT molecular complexity index is 487. The van der Waals surface area contributed by atoms with Crippen molar-refractivity contribution in [2.45, 2.75) is 31.7 Å². The lowest BCUT2D eigenvalue weighted by Gasteiger charge is -2.12. The molecular formula is C13H15F3N2O2. The van der Waals surface area contributed by atoms with Crippen LogP contribution < -0.4 is 15.8 Å². The number of hydrogen-bond donors (Lipinski definition) is 2. The first-order valence-corrected chi connectivity index (χ1v) is 6.25. The highest BCUT2D eigenvalue weighted by atomic mass is 19.4. The zero-order chi connectivity index (χ0) is 14.8. The predicted molar refractivity (Wildman–Crippen MR) is 67.1 cm³/mol. The van der Waals surface area contributed by atoms with E-state index in [0.717, 1.165) is 18.9 Å². The minimum Gasteiger partial charge on any atom is -0.406 e. The zero-order valence-electron chi connectivity index (χ0n) is 10.6. The summed E-state index contributed by atoms with van der Waals surface area (Å²) in [5.41, 5.74) is 6.06. The van der Waals surface area contributed by atoms with Crippen molar-refractivity contribution in [2.24, 2.45) is 11.7 Å². The summed E-state index contributed by atoms with van der Waals surface area (Å²) in [6.45, 7) is 0. The molecule has 0 aromatic heterocycles. The van der Waals surface area contributed by atoms with Crippen LogP contribution in [-0.4, -0.2) is 18.3 Å². The Hall–Kier alpha value is -1.76. The average molecular weight is 288 g/mol. The number of benzene rings is 1. The SMILES string of the molecule is NC(CC(=O)Nc1cccc(OC(F)(F)F)c1)C1CC1. The van der Waals surface area contributed by atoms with E-state index in [-0.39, 0.29) is 29.8 Å². The van der Waals surface area contributed by atoms with Gasteiger partial charge < -0.3 is 15.8 Å². The molecule has 110 valence electrons. The third kappa shape index (κ3) is 4.73. The Morgan fingerprint density at radius 1 is 1.45 bits per heavy atom. The molecule has 0 aliphatic heterocycles. The molecule has 1 aliphatic carbocycles. The van der Waals surface area contributed by atoms with Gasteiger partial charge in [-0.3, -0.25) is 4.79 Å². The lowest BCUT2D eigenvalue weighted by Crippen LogP contribution is -2.28. The minimum atomic E-state index is -4.75. The monoisotopic (exact) mass is 288 g/mol. The van der Waals surface area contributed by atoms with E-state index in [1.54, 1.807) is 0 Å². The largest absolute Gasteiger partial charge is 0.573 e. The summed E-state index contributed by atoms with van der Waals surface area (Å²) < 4.78 is 40.0. The summed E-state index contributed by atoms with van der Waals surface area (Å²) in [7, 11) is 0. The molecule has 0 spiro atoms. The van der Waals surface area contributed by atoms with E-state index in [0.29, 0.717) is 5.92 Å². The molecule has 1 fully saturated rings. The van der Waals surface area contributed by atoms with E-state index in [1.165, 1.54) is 18.2 Å². The second-order valence-electron chi connectivity index (χ2n) is 4.83. The van der Waals surface area contributed by atoms with E-state index in [1.807, 2.05) is 0 Å². The van der Waals surface area contributed by atoms with Crippen LogP contribution in [0.5, 0.6) is 5.75 Å². The van der Waals surface area contributed by atoms with Crippen molar-refractivity contribution in [3.05, 3.63) is 24.3 Å². The van der Waals surface area contributed by atoms with Crippen molar-refractivity contribution < 1.29 is 22.7 Å². The maximum atomic E-state index is 12.1. The molecule has 0 heterocycles. The number of carbonyl (C=O) groups is 1. The van der Waals surface area contributed by atoms with Gasteiger partial charge >= 0.3 is 6.36 Å². The molecular weight excluding hydrogens is 273 g/mol. The molecule has 1 amide bonds. The fourth-order valence-electron chi connectivity index (χ4n) is 1.89. The summed E-state index contributed by atoms with van der Waals surface area (Å²) in [5.74, 6) is -0.295. The predicted octanol–water partition coefficient (Wildman–Crippen LogP) is 2.65. The van der Waals surface area contributed by atoms with E-state index in [9.17, 15) is 18.0 Å². The van der Waals surface area contributed by atoms with Crippen LogP contribution in [0.15, 0.2) is 24.3 Å². The highest BCUT2D eigenvalue weighted by Crippen LogP contribution is 2.33. The third-order valence-corrected chi connectivity index (χ3v) is 3.00. The molecule has 20 heavy (non-hydrogen) atoms. The molecule has 0 bridgehead atoms. The van der Waals surface area contributed by atoms with Crippen molar-refractivity contribution in [3.63, 3.8) is 0 Å². The summed E-state index contributed by atoms with van der Waals surface area (Å²) >= 11 is 0. The Labute approximate surface area is 114 Å². The van der Waals surface area contributed by atoms with Gasteiger partial charge in [0.1, 0.15) is 5.75 Å². The summed E-state index contributed by atoms with van der Waals surface area (Å²) in [5, 5.41) is 2.52. The van der Waals surface area contributed by atoms with Gasteiger partial charge in [0.2, 0.25) is 5.91 Å². The highest BCUT2D eigenvalue weighted by Gasteiger charge is 2.31. The molecule has 1 aromatic rings. The van der Waals surface area contributed by atoms with Crippen LogP contribution >= 0.6 is 0 Å². The van der Waals surface area contributed by atoms with E-state index < -0.39 is 6.36 Å². The van der Waals surface area contributed by atoms with Crippen LogP contribution in [0, 0.1) is 5.92 Å². The molecule has 1 aliphatic rings. The Morgan fingerprint density at radius 2 is 2.15 bits per heavy atom. The lowest BCUT2D eigenvalue weighted by atomic mass is 10.1. The Morgan fingerprint density at radius 3 is 2.75 bits per heavy atom. The van der Waals surface area contributed by atoms with Crippen LogP contribution in [-0.2, 0) is 4.79 Å². The first-order chi connectivity index (χ1) is 9.33. The molecule has 2 rings (SSSR count). The molecule has 1 atom stereocenters. The molecule has 1 unspecified atom stereocenters. The van der Waals surface area contributed by atoms with Gasteiger partial charge in [-0.25, -0.2) is 0 Å². The average Bonchev–Trinajstić information content (AvgIpc) is 3.09. The fourth-order valence-corrected chi connectivity index (χ4v) is 1.89. The van der Waals surface area contributed by atoms with Crippen LogP contribution in [0.3, 0.4) is 0 Å². The number of hydrogen-bond acceptors (Lipinski definition) is 3. The van der Waals surface area contributed by atoms with Crippen molar-refractivity contribution >= 4 is 11.6 Å². The van der Waals surface area contributed by atoms with Gasteiger partial charge in [-0.1, -0.05) is 6.07 Å². The van der Waals surface area contributed by atoms with Gasteiger partial charge in [0, 0.05) is 24.2 Å². The number of nitrogens with two attached hydrogens (primary N) is 1. The fraction of sp³-hybridized carbons (Fsp3) is 0.462. The van der Waals surface area contributed by atoms with Gasteiger partial charge in [-0.05, 0) is 30.9 Å². The molecule has 1 saturated carbocycles. The number of halogens is 3. The number of rotatable bonds is 5. The maximum Gasteiger partial charge on any atom is 0.573 e. The number of nitrogens with one attached hydrogen (secondary N) is 1. The van der Waals surface area contributed by atoms with Gasteiger partial charge in [0.05, 0.1) is 0 Å². The highest BCUT2D eigenvalue weighted by molar-refractivity contribution is 5.91. The van der Waals surface area contributed by atoms with Crippen LogP contribution in [0.4, 0.5) is 18.9 Å². The van der Waals surface area contributed by atoms with E-state index >= 15 is 0 Å². The summed E-state index contributed by atoms with van der Waals surface area (Å²) in [6.07, 6.45) is -2.53. The molecule has 3 N–H and O–H groups in total. The van der Waals surface area contributed by atoms with Crippen molar-refractivity contribution in [1.82, 2.24) is 0 Å². The first-order valence-electron chi connectivity index (χ1n) is 6.25. The normalized spacial score (nSPS) is 16.6. The zero-order valence-corrected chi connectivity index (χ0v) is 10.6. The maximum absolute atomic E-state index is 12.1. The van der Waals surface area contributed by atoms with Gasteiger partial charge in [0.25, 0.3) is 0 Å². The third-order valence-electron chi connectivity index (χ3n) is 3.00. The lowest BCUT2D eigenvalue weighted by molar-refractivity contribution is -0.274. The standard InChI is InChI=1S/C13H15F3N2O2/c14-13(15,16)20-10-3-1-2-9(6-10)18-12(19)7-11(17)8-4-5-8/h1-3,6,8,11H,4-5,7,17H2,(H,18,19). The first kappa shape index (κ1) is 14.6. The summed E-state index contributed by atoms with van der Waals surface area (Å²) in [6, 6.07) is 4.96. The summed E-state index contributed by atoms with van der Waals surface area (Å²) in [4.78, 5) is 11.7. The van der Waals surface area contributed by atoms with Crippen molar-refractivity contribution in [1.29, 1.82) is 0 Å². The topological polar surface area (TPSA) is 64.4 Å². The Kier molecular flexibility index (Phi) is 4.17. The van der Waals surface area contributed by atoms with Crippen LogP contribution in [0.2, 0.25) is 0 Å². The molecule has 0 saturated heterocycles.